The zero-order valence-electron chi connectivity index (χ0n) is 30.9. The maximum Gasteiger partial charge on any atom is 0.325 e. The number of rotatable bonds is 15. The molecule has 1 aliphatic rings. The molecule has 0 aromatic heterocycles. The van der Waals surface area contributed by atoms with Crippen molar-refractivity contribution in [1.29, 1.82) is 0 Å². The first-order valence-electron chi connectivity index (χ1n) is 18.6. The fourth-order valence-electron chi connectivity index (χ4n) is 6.75. The quantitative estimate of drug-likeness (QED) is 0.0949. The molecular weight excluding hydrogens is 679 g/mol. The van der Waals surface area contributed by atoms with Crippen molar-refractivity contribution in [2.75, 3.05) is 19.7 Å². The van der Waals surface area contributed by atoms with Crippen LogP contribution in [0, 0.1) is 5.92 Å². The Balaban J connectivity index is 1.20. The van der Waals surface area contributed by atoms with Gasteiger partial charge in [-0.25, -0.2) is 4.79 Å². The van der Waals surface area contributed by atoms with Gasteiger partial charge in [-0.3, -0.25) is 9.69 Å². The van der Waals surface area contributed by atoms with Crippen LogP contribution in [0.5, 0.6) is 0 Å². The largest absolute Gasteiger partial charge is 0.465 e. The number of hydrogen-bond donors (Lipinski definition) is 3. The van der Waals surface area contributed by atoms with Gasteiger partial charge in [0.1, 0.15) is 6.54 Å². The molecule has 0 radical (unpaired) electrons. The maximum atomic E-state index is 12.2. The molecule has 9 heteroatoms. The second kappa shape index (κ2) is 19.1. The number of carbonyl (C=O) groups is 2. The molecule has 0 unspecified atom stereocenters. The molecule has 1 saturated heterocycles. The van der Waals surface area contributed by atoms with Crippen molar-refractivity contribution in [2.24, 2.45) is 5.92 Å². The second-order valence-electron chi connectivity index (χ2n) is 13.6. The molecule has 1 heterocycles. The van der Waals surface area contributed by atoms with E-state index in [1.165, 1.54) is 11.1 Å². The van der Waals surface area contributed by atoms with Crippen molar-refractivity contribution in [3.8, 4) is 11.1 Å². The lowest BCUT2D eigenvalue weighted by atomic mass is 9.89. The highest BCUT2D eigenvalue weighted by Gasteiger charge is 2.39. The van der Waals surface area contributed by atoms with E-state index in [0.29, 0.717) is 13.1 Å². The van der Waals surface area contributed by atoms with Gasteiger partial charge >= 0.3 is 12.0 Å². The summed E-state index contributed by atoms with van der Waals surface area (Å²) in [4.78, 5) is 26.2. The zero-order chi connectivity index (χ0) is 37.7. The van der Waals surface area contributed by atoms with Gasteiger partial charge in [-0.15, -0.1) is 0 Å². The van der Waals surface area contributed by atoms with Crippen molar-refractivity contribution >= 4 is 12.0 Å². The molecule has 2 amide bonds. The lowest BCUT2D eigenvalue weighted by Gasteiger charge is -2.43. The second-order valence-corrected chi connectivity index (χ2v) is 13.6. The summed E-state index contributed by atoms with van der Waals surface area (Å²) in [6.07, 6.45) is -0.964. The van der Waals surface area contributed by atoms with Crippen LogP contribution >= 0.6 is 0 Å². The van der Waals surface area contributed by atoms with Gasteiger partial charge in [0.25, 0.3) is 0 Å². The Morgan fingerprint density at radius 1 is 0.704 bits per heavy atom. The number of hydrogen-bond acceptors (Lipinski definition) is 7. The van der Waals surface area contributed by atoms with E-state index < -0.39 is 18.3 Å². The van der Waals surface area contributed by atoms with Gasteiger partial charge in [0, 0.05) is 37.7 Å². The van der Waals surface area contributed by atoms with E-state index >= 15 is 0 Å². The number of aliphatic hydroxyl groups is 1. The summed E-state index contributed by atoms with van der Waals surface area (Å²) in [6.45, 7) is 6.56. The van der Waals surface area contributed by atoms with Gasteiger partial charge in [-0.1, -0.05) is 134 Å². The number of nitrogens with one attached hydrogen (secondary N) is 2. The number of ether oxygens (including phenoxy) is 3. The van der Waals surface area contributed by atoms with E-state index in [9.17, 15) is 14.7 Å². The Bertz CT molecular complexity index is 1880. The minimum atomic E-state index is -0.596. The number of amides is 2. The Hall–Kier alpha value is -5.32. The van der Waals surface area contributed by atoms with Crippen molar-refractivity contribution in [1.82, 2.24) is 15.5 Å². The van der Waals surface area contributed by atoms with E-state index in [1.807, 2.05) is 60.7 Å². The van der Waals surface area contributed by atoms with Crippen LogP contribution in [0.1, 0.15) is 59.6 Å². The van der Waals surface area contributed by atoms with E-state index in [-0.39, 0.29) is 37.9 Å². The molecule has 5 aromatic carbocycles. The highest BCUT2D eigenvalue weighted by atomic mass is 16.7. The van der Waals surface area contributed by atoms with Gasteiger partial charge in [0.05, 0.1) is 25.4 Å². The first kappa shape index (κ1) is 38.4. The molecule has 0 spiro atoms. The Morgan fingerprint density at radius 3 is 1.96 bits per heavy atom. The smallest absolute Gasteiger partial charge is 0.325 e. The average Bonchev–Trinajstić information content (AvgIpc) is 3.21. The van der Waals surface area contributed by atoms with Crippen LogP contribution < -0.4 is 10.6 Å². The highest BCUT2D eigenvalue weighted by molar-refractivity contribution is 5.80. The minimum Gasteiger partial charge on any atom is -0.465 e. The Kier molecular flexibility index (Phi) is 13.6. The predicted octanol–water partition coefficient (Wildman–Crippen LogP) is 7.70. The van der Waals surface area contributed by atoms with Crippen LogP contribution in [-0.2, 0) is 45.2 Å². The molecule has 4 atom stereocenters. The summed E-state index contributed by atoms with van der Waals surface area (Å²) in [5.41, 5.74) is 8.25. The molecule has 1 fully saturated rings. The number of carbonyl (C=O) groups excluding carboxylic acids is 2. The predicted molar refractivity (Wildman–Crippen MR) is 209 cm³/mol. The van der Waals surface area contributed by atoms with Crippen molar-refractivity contribution < 1.29 is 28.9 Å². The van der Waals surface area contributed by atoms with E-state index in [0.717, 1.165) is 46.5 Å². The SMILES string of the molecule is CCOC(=O)CNC(=O)NCc1cccc(-c2ccc([C@H]3O[C@@H](CN(Cc4ccccc4)Cc4ccccc4)[C@@H](C)[C@@H](c4ccc(CO)cc4)O3)cc2)c1. The van der Waals surface area contributed by atoms with Crippen LogP contribution in [0.2, 0.25) is 0 Å². The molecule has 280 valence electrons. The lowest BCUT2D eigenvalue weighted by Crippen LogP contribution is -2.44. The minimum absolute atomic E-state index is 0.0120. The van der Waals surface area contributed by atoms with Crippen molar-refractivity contribution in [3.63, 3.8) is 0 Å². The number of urea groups is 1. The molecule has 1 aliphatic heterocycles. The summed E-state index contributed by atoms with van der Waals surface area (Å²) in [5.74, 6) is -0.439. The zero-order valence-corrected chi connectivity index (χ0v) is 30.9. The molecule has 0 aliphatic carbocycles. The summed E-state index contributed by atoms with van der Waals surface area (Å²) in [5, 5.41) is 15.0. The van der Waals surface area contributed by atoms with Gasteiger partial charge in [0.2, 0.25) is 0 Å². The Labute approximate surface area is 317 Å². The maximum absolute atomic E-state index is 12.2. The molecule has 54 heavy (non-hydrogen) atoms. The number of benzene rings is 5. The topological polar surface area (TPSA) is 109 Å². The summed E-state index contributed by atoms with van der Waals surface area (Å²) in [6, 6.07) is 44.9. The molecule has 5 aromatic rings. The average molecular weight is 728 g/mol. The van der Waals surface area contributed by atoms with Gasteiger partial charge < -0.3 is 30.0 Å². The van der Waals surface area contributed by atoms with Crippen molar-refractivity contribution in [2.45, 2.75) is 58.6 Å². The number of esters is 1. The first-order chi connectivity index (χ1) is 26.4. The third-order valence-corrected chi connectivity index (χ3v) is 9.65. The third kappa shape index (κ3) is 10.6. The summed E-state index contributed by atoms with van der Waals surface area (Å²) in [7, 11) is 0. The van der Waals surface area contributed by atoms with E-state index in [2.05, 4.69) is 95.3 Å². The van der Waals surface area contributed by atoms with Crippen LogP contribution in [-0.4, -0.2) is 47.8 Å². The van der Waals surface area contributed by atoms with Crippen LogP contribution in [0.4, 0.5) is 4.79 Å². The van der Waals surface area contributed by atoms with Crippen LogP contribution in [0.25, 0.3) is 11.1 Å². The lowest BCUT2D eigenvalue weighted by molar-refractivity contribution is -0.276. The Morgan fingerprint density at radius 2 is 1.33 bits per heavy atom. The van der Waals surface area contributed by atoms with Gasteiger partial charge in [-0.05, 0) is 51.9 Å². The van der Waals surface area contributed by atoms with Gasteiger partial charge in [0.15, 0.2) is 6.29 Å². The van der Waals surface area contributed by atoms with Gasteiger partial charge in [-0.2, -0.15) is 0 Å². The molecule has 0 saturated carbocycles. The first-order valence-corrected chi connectivity index (χ1v) is 18.6. The summed E-state index contributed by atoms with van der Waals surface area (Å²) >= 11 is 0. The third-order valence-electron chi connectivity index (χ3n) is 9.65. The standard InChI is InChI=1S/C45H49N3O6/c1-3-52-42(50)27-47-45(51)46-26-36-15-10-16-40(25-36)37-21-23-39(24-22-37)44-53-41(32(2)43(54-44)38-19-17-35(31-49)18-20-38)30-48(28-33-11-6-4-7-12-33)29-34-13-8-5-9-14-34/h4-25,32,41,43-44,49H,3,26-31H2,1-2H3,(H2,46,47,51)/t32-,41+,43+,44+/m1/s1. The molecule has 3 N–H and O–H groups in total. The van der Waals surface area contributed by atoms with Crippen molar-refractivity contribution in [3.05, 3.63) is 167 Å². The monoisotopic (exact) mass is 727 g/mol. The number of nitrogens with zero attached hydrogens (tertiary/aromatic N) is 1. The fourth-order valence-corrected chi connectivity index (χ4v) is 6.75. The van der Waals surface area contributed by atoms with Crippen LogP contribution in [0.15, 0.2) is 133 Å². The van der Waals surface area contributed by atoms with Crippen LogP contribution in [0.3, 0.4) is 0 Å². The van der Waals surface area contributed by atoms with E-state index in [1.54, 1.807) is 6.92 Å². The summed E-state index contributed by atoms with van der Waals surface area (Å²) < 4.78 is 18.5. The molecular formula is C45H49N3O6. The molecule has 6 rings (SSSR count). The number of aliphatic hydroxyl groups excluding tert-OH is 1. The molecule has 9 nitrogen and oxygen atoms in total. The molecule has 0 bridgehead atoms. The normalized spacial score (nSPS) is 18.2. The highest BCUT2D eigenvalue weighted by Crippen LogP contribution is 2.42. The fraction of sp³-hybridized carbons (Fsp3) is 0.289. The van der Waals surface area contributed by atoms with E-state index in [4.69, 9.17) is 14.2 Å².